The monoisotopic (exact) mass is 373 g/mol. The Morgan fingerprint density at radius 1 is 1.37 bits per heavy atom. The number of aryl methyl sites for hydroxylation is 1. The van der Waals surface area contributed by atoms with E-state index >= 15 is 0 Å². The van der Waals surface area contributed by atoms with Crippen LogP contribution < -0.4 is 11.1 Å². The molecule has 27 heavy (non-hydrogen) atoms. The number of carbonyl (C=O) groups is 1. The third kappa shape index (κ3) is 4.91. The number of nitrogens with two attached hydrogens (primary N) is 1. The molecule has 0 saturated carbocycles. The molecule has 1 aliphatic rings. The average Bonchev–Trinajstić information content (AvgIpc) is 3.10. The lowest BCUT2D eigenvalue weighted by atomic mass is 10.1. The van der Waals surface area contributed by atoms with Gasteiger partial charge < -0.3 is 25.1 Å². The van der Waals surface area contributed by atoms with Gasteiger partial charge in [0, 0.05) is 13.5 Å². The number of aromatic nitrogens is 3. The second-order valence-corrected chi connectivity index (χ2v) is 6.83. The van der Waals surface area contributed by atoms with Crippen molar-refractivity contribution in [1.82, 2.24) is 20.1 Å². The summed E-state index contributed by atoms with van der Waals surface area (Å²) in [5, 5.41) is 11.5. The molecule has 8 heteroatoms. The lowest BCUT2D eigenvalue weighted by Gasteiger charge is -2.26. The third-order valence-electron chi connectivity index (χ3n) is 4.70. The zero-order valence-electron chi connectivity index (χ0n) is 15.8. The van der Waals surface area contributed by atoms with Gasteiger partial charge in [-0.15, -0.1) is 10.2 Å². The lowest BCUT2D eigenvalue weighted by Crippen LogP contribution is -2.43. The van der Waals surface area contributed by atoms with E-state index in [-0.39, 0.29) is 18.6 Å². The summed E-state index contributed by atoms with van der Waals surface area (Å²) >= 11 is 0. The maximum atomic E-state index is 12.2. The molecule has 0 radical (unpaired) electrons. The molecule has 1 aliphatic heterocycles. The Labute approximate surface area is 159 Å². The molecule has 3 N–H and O–H groups in total. The third-order valence-corrected chi connectivity index (χ3v) is 4.70. The minimum absolute atomic E-state index is 0.113. The first-order valence-electron chi connectivity index (χ1n) is 9.21. The summed E-state index contributed by atoms with van der Waals surface area (Å²) in [6.45, 7) is 3.05. The topological polar surface area (TPSA) is 104 Å². The Hall–Kier alpha value is -2.29. The van der Waals surface area contributed by atoms with Gasteiger partial charge in [-0.1, -0.05) is 30.3 Å². The van der Waals surface area contributed by atoms with Crippen LogP contribution in [-0.4, -0.2) is 46.5 Å². The molecule has 0 bridgehead atoms. The second-order valence-electron chi connectivity index (χ2n) is 6.83. The van der Waals surface area contributed by atoms with Crippen molar-refractivity contribution in [3.63, 3.8) is 0 Å². The number of methoxy groups -OCH3 is 1. The van der Waals surface area contributed by atoms with Gasteiger partial charge in [-0.05, 0) is 18.9 Å². The average molecular weight is 373 g/mol. The fraction of sp³-hybridized carbons (Fsp3) is 0.526. The number of fused-ring (bicyclic) bond motifs is 1. The van der Waals surface area contributed by atoms with Gasteiger partial charge in [-0.25, -0.2) is 0 Å². The summed E-state index contributed by atoms with van der Waals surface area (Å²) in [5.74, 6) is 1.33. The first-order valence-corrected chi connectivity index (χ1v) is 9.21. The summed E-state index contributed by atoms with van der Waals surface area (Å²) in [5.41, 5.74) is 6.79. The van der Waals surface area contributed by atoms with E-state index in [2.05, 4.69) is 15.5 Å². The molecule has 0 saturated heterocycles. The fourth-order valence-corrected chi connectivity index (χ4v) is 3.12. The van der Waals surface area contributed by atoms with Crippen molar-refractivity contribution in [2.24, 2.45) is 5.73 Å². The van der Waals surface area contributed by atoms with Gasteiger partial charge in [0.05, 0.1) is 31.9 Å². The van der Waals surface area contributed by atoms with Crippen molar-refractivity contribution >= 4 is 5.91 Å². The van der Waals surface area contributed by atoms with E-state index in [1.807, 2.05) is 34.9 Å². The molecule has 146 valence electrons. The molecule has 3 atom stereocenters. The van der Waals surface area contributed by atoms with Crippen LogP contribution >= 0.6 is 0 Å². The Bertz CT molecular complexity index is 747. The highest BCUT2D eigenvalue weighted by Crippen LogP contribution is 2.21. The number of benzene rings is 1. The van der Waals surface area contributed by atoms with E-state index in [9.17, 15) is 4.79 Å². The second kappa shape index (κ2) is 9.07. The molecule has 0 spiro atoms. The summed E-state index contributed by atoms with van der Waals surface area (Å²) < 4.78 is 13.4. The van der Waals surface area contributed by atoms with Crippen LogP contribution in [0.2, 0.25) is 0 Å². The van der Waals surface area contributed by atoms with E-state index in [0.29, 0.717) is 19.0 Å². The van der Waals surface area contributed by atoms with E-state index in [4.69, 9.17) is 15.2 Å². The Balaban J connectivity index is 1.74. The zero-order valence-corrected chi connectivity index (χ0v) is 15.8. The smallest absolute Gasteiger partial charge is 0.237 e. The number of nitrogens with zero attached hydrogens (tertiary/aromatic N) is 3. The molecular formula is C19H27N5O3. The largest absolute Gasteiger partial charge is 0.380 e. The van der Waals surface area contributed by atoms with E-state index in [1.54, 1.807) is 14.0 Å². The highest BCUT2D eigenvalue weighted by Gasteiger charge is 2.28. The molecule has 1 amide bonds. The number of amides is 1. The van der Waals surface area contributed by atoms with Crippen LogP contribution in [0.5, 0.6) is 0 Å². The quantitative estimate of drug-likeness (QED) is 0.714. The highest BCUT2D eigenvalue weighted by atomic mass is 16.5. The summed E-state index contributed by atoms with van der Waals surface area (Å²) in [4.78, 5) is 12.2. The first kappa shape index (κ1) is 19.5. The summed E-state index contributed by atoms with van der Waals surface area (Å²) in [6.07, 6.45) is 1.82. The van der Waals surface area contributed by atoms with Crippen molar-refractivity contribution in [3.05, 3.63) is 47.5 Å². The molecule has 8 nitrogen and oxygen atoms in total. The van der Waals surface area contributed by atoms with Crippen LogP contribution in [0, 0.1) is 0 Å². The molecule has 2 heterocycles. The van der Waals surface area contributed by atoms with E-state index in [0.717, 1.165) is 24.2 Å². The van der Waals surface area contributed by atoms with Crippen molar-refractivity contribution in [3.8, 4) is 0 Å². The number of hydrogen-bond donors (Lipinski definition) is 2. The minimum atomic E-state index is -0.614. The van der Waals surface area contributed by atoms with Crippen LogP contribution in [0.15, 0.2) is 30.3 Å². The predicted molar refractivity (Wildman–Crippen MR) is 99.8 cm³/mol. The lowest BCUT2D eigenvalue weighted by molar-refractivity contribution is -0.123. The molecule has 2 aromatic rings. The number of ether oxygens (including phenoxy) is 2. The molecule has 1 aromatic carbocycles. The maximum absolute atomic E-state index is 12.2. The predicted octanol–water partition coefficient (Wildman–Crippen LogP) is 0.961. The van der Waals surface area contributed by atoms with Gasteiger partial charge in [0.25, 0.3) is 0 Å². The first-order chi connectivity index (χ1) is 13.1. The normalized spacial score (nSPS) is 18.6. The van der Waals surface area contributed by atoms with Gasteiger partial charge in [0.15, 0.2) is 5.82 Å². The summed E-state index contributed by atoms with van der Waals surface area (Å²) in [7, 11) is 1.71. The van der Waals surface area contributed by atoms with Crippen LogP contribution in [0.4, 0.5) is 0 Å². The highest BCUT2D eigenvalue weighted by molar-refractivity contribution is 5.81. The van der Waals surface area contributed by atoms with Gasteiger partial charge in [0.1, 0.15) is 11.9 Å². The van der Waals surface area contributed by atoms with Crippen molar-refractivity contribution in [1.29, 1.82) is 0 Å². The van der Waals surface area contributed by atoms with Gasteiger partial charge >= 0.3 is 0 Å². The Morgan fingerprint density at radius 2 is 2.15 bits per heavy atom. The zero-order chi connectivity index (χ0) is 19.2. The number of nitrogens with one attached hydrogen (secondary N) is 1. The fourth-order valence-electron chi connectivity index (χ4n) is 3.12. The SMILES string of the molecule is COC1CCc2nnc(C(COCc3ccccc3)NC(=O)C(C)N)n2C1. The van der Waals surface area contributed by atoms with Gasteiger partial charge in [-0.3, -0.25) is 4.79 Å². The molecule has 0 aliphatic carbocycles. The number of rotatable bonds is 8. The number of carbonyl (C=O) groups excluding carboxylic acids is 1. The molecule has 0 fully saturated rings. The standard InChI is InChI=1S/C19H27N5O3/c1-13(20)19(25)21-16(12-27-11-14-6-4-3-5-7-14)18-23-22-17-9-8-15(26-2)10-24(17)18/h3-7,13,15-16H,8-12,20H2,1-2H3,(H,21,25). The van der Waals surface area contributed by atoms with Crippen molar-refractivity contribution in [2.75, 3.05) is 13.7 Å². The van der Waals surface area contributed by atoms with Crippen molar-refractivity contribution in [2.45, 2.75) is 51.1 Å². The Morgan fingerprint density at radius 3 is 2.85 bits per heavy atom. The van der Waals surface area contributed by atoms with Gasteiger partial charge in [0.2, 0.25) is 5.91 Å². The van der Waals surface area contributed by atoms with Crippen LogP contribution in [0.25, 0.3) is 0 Å². The minimum Gasteiger partial charge on any atom is -0.380 e. The molecular weight excluding hydrogens is 346 g/mol. The maximum Gasteiger partial charge on any atom is 0.237 e. The molecule has 1 aromatic heterocycles. The van der Waals surface area contributed by atoms with Gasteiger partial charge in [-0.2, -0.15) is 0 Å². The Kier molecular flexibility index (Phi) is 6.54. The van der Waals surface area contributed by atoms with Crippen molar-refractivity contribution < 1.29 is 14.3 Å². The number of hydrogen-bond acceptors (Lipinski definition) is 6. The molecule has 3 rings (SSSR count). The molecule has 3 unspecified atom stereocenters. The van der Waals surface area contributed by atoms with E-state index in [1.165, 1.54) is 0 Å². The van der Waals surface area contributed by atoms with E-state index < -0.39 is 12.1 Å². The van der Waals surface area contributed by atoms with Crippen LogP contribution in [-0.2, 0) is 33.8 Å². The van der Waals surface area contributed by atoms with Crippen LogP contribution in [0.3, 0.4) is 0 Å². The summed E-state index contributed by atoms with van der Waals surface area (Å²) in [6, 6.07) is 8.85. The van der Waals surface area contributed by atoms with Crippen LogP contribution in [0.1, 0.15) is 36.6 Å².